The summed E-state index contributed by atoms with van der Waals surface area (Å²) in [6.07, 6.45) is 12.7. The van der Waals surface area contributed by atoms with Gasteiger partial charge in [0.25, 0.3) is 0 Å². The molecule has 13 heavy (non-hydrogen) atoms. The fraction of sp³-hybridized carbons (Fsp3) is 0.667. The average molecular weight is 178 g/mol. The van der Waals surface area contributed by atoms with Crippen LogP contribution in [0.4, 0.5) is 0 Å². The first-order valence-corrected chi connectivity index (χ1v) is 5.43. The molecule has 1 fully saturated rings. The van der Waals surface area contributed by atoms with Gasteiger partial charge in [-0.25, -0.2) is 0 Å². The quantitative estimate of drug-likeness (QED) is 0.604. The Morgan fingerprint density at radius 2 is 1.85 bits per heavy atom. The summed E-state index contributed by atoms with van der Waals surface area (Å²) in [4.78, 5) is 0. The van der Waals surface area contributed by atoms with Crippen LogP contribution in [-0.2, 0) is 0 Å². The number of rotatable bonds is 0. The van der Waals surface area contributed by atoms with E-state index < -0.39 is 0 Å². The molecule has 1 nitrogen and oxygen atoms in total. The second-order valence-electron chi connectivity index (χ2n) is 4.15. The van der Waals surface area contributed by atoms with Gasteiger partial charge >= 0.3 is 0 Å². The molecule has 72 valence electrons. The van der Waals surface area contributed by atoms with Gasteiger partial charge in [-0.2, -0.15) is 0 Å². The van der Waals surface area contributed by atoms with Crippen LogP contribution in [0.5, 0.6) is 0 Å². The molecule has 0 saturated heterocycles. The zero-order chi connectivity index (χ0) is 9.10. The van der Waals surface area contributed by atoms with E-state index in [1.807, 2.05) is 6.08 Å². The van der Waals surface area contributed by atoms with Crippen LogP contribution in [0, 0.1) is 0 Å². The van der Waals surface area contributed by atoms with Crippen molar-refractivity contribution < 1.29 is 5.11 Å². The van der Waals surface area contributed by atoms with Crippen molar-refractivity contribution in [3.05, 3.63) is 23.3 Å². The van der Waals surface area contributed by atoms with E-state index in [9.17, 15) is 5.11 Å². The lowest BCUT2D eigenvalue weighted by Crippen LogP contribution is -2.08. The van der Waals surface area contributed by atoms with Crippen LogP contribution in [0.25, 0.3) is 0 Å². The molecule has 0 aliphatic heterocycles. The zero-order valence-electron chi connectivity index (χ0n) is 8.13. The van der Waals surface area contributed by atoms with Gasteiger partial charge in [-0.3, -0.25) is 0 Å². The van der Waals surface area contributed by atoms with Crippen molar-refractivity contribution in [1.29, 1.82) is 0 Å². The molecule has 1 heteroatoms. The normalized spacial score (nSPS) is 29.5. The molecule has 1 unspecified atom stereocenters. The van der Waals surface area contributed by atoms with E-state index in [2.05, 4.69) is 6.08 Å². The van der Waals surface area contributed by atoms with Crippen LogP contribution in [-0.4, -0.2) is 11.2 Å². The van der Waals surface area contributed by atoms with Crippen molar-refractivity contribution in [1.82, 2.24) is 0 Å². The molecule has 1 N–H and O–H groups in total. The number of hydrogen-bond acceptors (Lipinski definition) is 1. The summed E-state index contributed by atoms with van der Waals surface area (Å²) in [5.41, 5.74) is 3.18. The third-order valence-electron chi connectivity index (χ3n) is 3.14. The summed E-state index contributed by atoms with van der Waals surface area (Å²) >= 11 is 0. The van der Waals surface area contributed by atoms with Gasteiger partial charge in [0, 0.05) is 0 Å². The molecule has 0 bridgehead atoms. The van der Waals surface area contributed by atoms with Crippen molar-refractivity contribution in [2.75, 3.05) is 0 Å². The van der Waals surface area contributed by atoms with E-state index in [0.717, 1.165) is 12.8 Å². The van der Waals surface area contributed by atoms with Crippen LogP contribution >= 0.6 is 0 Å². The van der Waals surface area contributed by atoms with Gasteiger partial charge in [-0.1, -0.05) is 24.1 Å². The smallest absolute Gasteiger partial charge is 0.0727 e. The summed E-state index contributed by atoms with van der Waals surface area (Å²) < 4.78 is 0. The van der Waals surface area contributed by atoms with Crippen molar-refractivity contribution in [2.45, 2.75) is 51.0 Å². The average Bonchev–Trinajstić information content (AvgIpc) is 2.20. The second-order valence-corrected chi connectivity index (χ2v) is 4.15. The molecule has 0 aromatic rings. The first-order valence-electron chi connectivity index (χ1n) is 5.43. The molecule has 0 amide bonds. The molecule has 0 aromatic heterocycles. The van der Waals surface area contributed by atoms with E-state index in [4.69, 9.17) is 0 Å². The molecule has 2 aliphatic rings. The summed E-state index contributed by atoms with van der Waals surface area (Å²) in [6, 6.07) is 0. The van der Waals surface area contributed by atoms with E-state index in [0.29, 0.717) is 0 Å². The van der Waals surface area contributed by atoms with Crippen molar-refractivity contribution in [2.24, 2.45) is 0 Å². The topological polar surface area (TPSA) is 20.2 Å². The first-order chi connectivity index (χ1) is 6.36. The van der Waals surface area contributed by atoms with Crippen LogP contribution in [0.15, 0.2) is 23.3 Å². The maximum Gasteiger partial charge on any atom is 0.0727 e. The minimum Gasteiger partial charge on any atom is -0.389 e. The predicted molar refractivity (Wildman–Crippen MR) is 54.5 cm³/mol. The van der Waals surface area contributed by atoms with Crippen LogP contribution in [0.1, 0.15) is 44.9 Å². The third-order valence-corrected chi connectivity index (χ3v) is 3.14. The van der Waals surface area contributed by atoms with E-state index in [1.165, 1.54) is 37.7 Å². The van der Waals surface area contributed by atoms with Gasteiger partial charge in [0.1, 0.15) is 0 Å². The van der Waals surface area contributed by atoms with E-state index in [-0.39, 0.29) is 6.10 Å². The van der Waals surface area contributed by atoms with Crippen LogP contribution < -0.4 is 0 Å². The zero-order valence-corrected chi connectivity index (χ0v) is 8.13. The lowest BCUT2D eigenvalue weighted by molar-refractivity contribution is 0.209. The molecule has 1 atom stereocenters. The minimum absolute atomic E-state index is 0.187. The third kappa shape index (κ3) is 2.22. The van der Waals surface area contributed by atoms with Crippen molar-refractivity contribution >= 4 is 0 Å². The number of allylic oxidation sites excluding steroid dienone is 3. The van der Waals surface area contributed by atoms with E-state index >= 15 is 0 Å². The predicted octanol–water partition coefficient (Wildman–Crippen LogP) is 2.96. The van der Waals surface area contributed by atoms with Gasteiger partial charge in [-0.15, -0.1) is 0 Å². The fourth-order valence-corrected chi connectivity index (χ4v) is 2.30. The van der Waals surface area contributed by atoms with Gasteiger partial charge in [0.15, 0.2) is 0 Å². The Balaban J connectivity index is 2.09. The Hall–Kier alpha value is -0.560. The minimum atomic E-state index is -0.187. The maximum atomic E-state index is 9.32. The fourth-order valence-electron chi connectivity index (χ4n) is 2.30. The summed E-state index contributed by atoms with van der Waals surface area (Å²) in [6.45, 7) is 0. The highest BCUT2D eigenvalue weighted by atomic mass is 16.3. The molecule has 0 spiro atoms. The monoisotopic (exact) mass is 178 g/mol. The second kappa shape index (κ2) is 4.10. The number of hydrogen-bond donors (Lipinski definition) is 1. The highest BCUT2D eigenvalue weighted by Crippen LogP contribution is 2.30. The Bertz CT molecular complexity index is 230. The molecule has 0 heterocycles. The standard InChI is InChI=1S/C12H18O/c13-12-8-6-11(7-9-12)10-4-2-1-3-5-10/h6,8,12-13H,1-5,7,9H2. The lowest BCUT2D eigenvalue weighted by Gasteiger charge is -2.20. The number of aliphatic hydroxyl groups excluding tert-OH is 1. The van der Waals surface area contributed by atoms with Crippen molar-refractivity contribution in [3.63, 3.8) is 0 Å². The summed E-state index contributed by atoms with van der Waals surface area (Å²) in [7, 11) is 0. The van der Waals surface area contributed by atoms with Crippen molar-refractivity contribution in [3.8, 4) is 0 Å². The Morgan fingerprint density at radius 1 is 1.08 bits per heavy atom. The first kappa shape index (κ1) is 9.01. The molecular weight excluding hydrogens is 160 g/mol. The van der Waals surface area contributed by atoms with Gasteiger partial charge in [0.05, 0.1) is 6.10 Å². The van der Waals surface area contributed by atoms with Gasteiger partial charge in [0.2, 0.25) is 0 Å². The van der Waals surface area contributed by atoms with E-state index in [1.54, 1.807) is 5.57 Å². The van der Waals surface area contributed by atoms with Gasteiger partial charge in [-0.05, 0) is 44.1 Å². The number of aliphatic hydroxyl groups is 1. The van der Waals surface area contributed by atoms with Crippen LogP contribution in [0.2, 0.25) is 0 Å². The SMILES string of the molecule is OC1C=CC(=C2CCCCC2)CC1. The maximum absolute atomic E-state index is 9.32. The Morgan fingerprint density at radius 3 is 2.46 bits per heavy atom. The Kier molecular flexibility index (Phi) is 2.84. The molecular formula is C12H18O. The Labute approximate surface area is 80.2 Å². The summed E-state index contributed by atoms with van der Waals surface area (Å²) in [5, 5.41) is 9.32. The largest absolute Gasteiger partial charge is 0.389 e. The van der Waals surface area contributed by atoms with Crippen LogP contribution in [0.3, 0.4) is 0 Å². The molecule has 0 aromatic carbocycles. The highest BCUT2D eigenvalue weighted by Gasteiger charge is 2.13. The van der Waals surface area contributed by atoms with Gasteiger partial charge < -0.3 is 5.11 Å². The molecule has 2 rings (SSSR count). The lowest BCUT2D eigenvalue weighted by atomic mass is 9.87. The molecule has 2 aliphatic carbocycles. The molecule has 0 radical (unpaired) electrons. The molecule has 1 saturated carbocycles. The highest BCUT2D eigenvalue weighted by molar-refractivity contribution is 5.29. The summed E-state index contributed by atoms with van der Waals surface area (Å²) in [5.74, 6) is 0.